The maximum absolute atomic E-state index is 12.9. The maximum atomic E-state index is 12.9. The third kappa shape index (κ3) is 6.03. The Labute approximate surface area is 229 Å². The normalized spacial score (nSPS) is 14.7. The summed E-state index contributed by atoms with van der Waals surface area (Å²) in [5.74, 6) is 1.46. The van der Waals surface area contributed by atoms with Crippen LogP contribution in [0.2, 0.25) is 0 Å². The summed E-state index contributed by atoms with van der Waals surface area (Å²) in [5, 5.41) is 7.83. The minimum Gasteiger partial charge on any atom is -0.493 e. The molecule has 0 bridgehead atoms. The largest absolute Gasteiger partial charge is 0.493 e. The van der Waals surface area contributed by atoms with Crippen molar-refractivity contribution in [3.63, 3.8) is 0 Å². The molecule has 1 aliphatic rings. The van der Waals surface area contributed by atoms with Crippen molar-refractivity contribution in [3.8, 4) is 5.75 Å². The summed E-state index contributed by atoms with van der Waals surface area (Å²) in [6.45, 7) is 9.54. The van der Waals surface area contributed by atoms with E-state index in [1.165, 1.54) is 16.0 Å². The van der Waals surface area contributed by atoms with Gasteiger partial charge in [0, 0.05) is 6.54 Å². The van der Waals surface area contributed by atoms with Crippen LogP contribution in [0.5, 0.6) is 5.75 Å². The zero-order valence-corrected chi connectivity index (χ0v) is 23.0. The van der Waals surface area contributed by atoms with Gasteiger partial charge in [-0.15, -0.1) is 0 Å². The quantitative estimate of drug-likeness (QED) is 0.209. The average molecular weight is 526 g/mol. The molecule has 39 heavy (non-hydrogen) atoms. The van der Waals surface area contributed by atoms with Gasteiger partial charge in [0.05, 0.1) is 17.7 Å². The highest BCUT2D eigenvalue weighted by molar-refractivity contribution is 6.21. The Hall–Kier alpha value is -4.00. The number of amides is 2. The van der Waals surface area contributed by atoms with Crippen LogP contribution in [0.1, 0.15) is 77.4 Å². The van der Waals surface area contributed by atoms with Crippen molar-refractivity contribution >= 4 is 22.8 Å². The average Bonchev–Trinajstić information content (AvgIpc) is 3.48. The monoisotopic (exact) mass is 525 g/mol. The highest BCUT2D eigenvalue weighted by Crippen LogP contribution is 2.27. The Kier molecular flexibility index (Phi) is 7.77. The van der Waals surface area contributed by atoms with Crippen molar-refractivity contribution in [3.05, 3.63) is 88.5 Å². The van der Waals surface area contributed by atoms with Crippen molar-refractivity contribution < 1.29 is 19.0 Å². The molecule has 3 aromatic carbocycles. The lowest BCUT2D eigenvalue weighted by atomic mass is 9.93. The molecule has 7 nitrogen and oxygen atoms in total. The number of hydrogen-bond donors (Lipinski definition) is 0. The number of fused-ring (bicyclic) bond motifs is 2. The van der Waals surface area contributed by atoms with Gasteiger partial charge >= 0.3 is 0 Å². The first-order chi connectivity index (χ1) is 18.8. The number of hydrogen-bond acceptors (Lipinski definition) is 6. The van der Waals surface area contributed by atoms with Crippen LogP contribution in [0.25, 0.3) is 11.0 Å². The van der Waals surface area contributed by atoms with Gasteiger partial charge in [-0.05, 0) is 100 Å². The number of carbonyl (C=O) groups is 2. The van der Waals surface area contributed by atoms with Crippen LogP contribution >= 0.6 is 0 Å². The number of aromatic nitrogens is 2. The second-order valence-corrected chi connectivity index (χ2v) is 11.2. The molecular weight excluding hydrogens is 490 g/mol. The number of rotatable bonds is 11. The van der Waals surface area contributed by atoms with E-state index in [1.54, 1.807) is 6.07 Å². The topological polar surface area (TPSA) is 85.5 Å². The second kappa shape index (κ2) is 11.4. The van der Waals surface area contributed by atoms with Gasteiger partial charge < -0.3 is 4.74 Å². The zero-order chi connectivity index (χ0) is 27.5. The number of nitrogens with zero attached hydrogens (tertiary/aromatic N) is 3. The van der Waals surface area contributed by atoms with E-state index in [0.29, 0.717) is 36.1 Å². The first-order valence-corrected chi connectivity index (χ1v) is 13.7. The van der Waals surface area contributed by atoms with Gasteiger partial charge in [-0.25, -0.2) is 4.63 Å². The smallest absolute Gasteiger partial charge is 0.261 e. The van der Waals surface area contributed by atoms with E-state index in [1.807, 2.05) is 36.4 Å². The van der Waals surface area contributed by atoms with Gasteiger partial charge in [0.1, 0.15) is 16.8 Å². The Bertz CT molecular complexity index is 1490. The highest BCUT2D eigenvalue weighted by atomic mass is 16.6. The van der Waals surface area contributed by atoms with Gasteiger partial charge in [-0.2, -0.15) is 0 Å². The Morgan fingerprint density at radius 3 is 2.41 bits per heavy atom. The van der Waals surface area contributed by atoms with Crippen molar-refractivity contribution in [1.29, 1.82) is 0 Å². The highest BCUT2D eigenvalue weighted by Gasteiger charge is 2.35. The number of ether oxygens (including phenoxy) is 1. The van der Waals surface area contributed by atoms with E-state index < -0.39 is 0 Å². The standard InChI is InChI=1S/C32H35N3O4/c1-20(2)12-13-35-31(36)27-10-8-24(17-28(27)32(35)37)14-21(3)19-38-26-7-5-6-23(16-26)15-22(4)25-9-11-29-30(18-25)34-39-33-29/h5-11,16-18,20-22H,12-15,19H2,1-4H3. The Morgan fingerprint density at radius 1 is 0.821 bits per heavy atom. The van der Waals surface area contributed by atoms with Crippen molar-refractivity contribution in [2.24, 2.45) is 11.8 Å². The zero-order valence-electron chi connectivity index (χ0n) is 23.0. The van der Waals surface area contributed by atoms with Gasteiger partial charge in [-0.1, -0.05) is 52.0 Å². The first-order valence-electron chi connectivity index (χ1n) is 13.7. The van der Waals surface area contributed by atoms with Crippen LogP contribution in [0.3, 0.4) is 0 Å². The number of imide groups is 1. The van der Waals surface area contributed by atoms with E-state index in [0.717, 1.165) is 41.6 Å². The van der Waals surface area contributed by atoms with E-state index in [4.69, 9.17) is 9.37 Å². The molecule has 0 spiro atoms. The lowest BCUT2D eigenvalue weighted by Crippen LogP contribution is -2.31. The van der Waals surface area contributed by atoms with Crippen molar-refractivity contribution in [2.75, 3.05) is 13.2 Å². The summed E-state index contributed by atoms with van der Waals surface area (Å²) < 4.78 is 11.0. The molecule has 5 rings (SSSR count). The molecule has 2 amide bonds. The van der Waals surface area contributed by atoms with E-state index in [2.05, 4.69) is 56.2 Å². The van der Waals surface area contributed by atoms with Gasteiger partial charge in [0.25, 0.3) is 11.8 Å². The van der Waals surface area contributed by atoms with Crippen molar-refractivity contribution in [2.45, 2.75) is 52.9 Å². The second-order valence-electron chi connectivity index (χ2n) is 11.2. The molecule has 0 aliphatic carbocycles. The molecule has 2 atom stereocenters. The predicted molar refractivity (Wildman–Crippen MR) is 150 cm³/mol. The van der Waals surface area contributed by atoms with Crippen LogP contribution in [-0.2, 0) is 12.8 Å². The lowest BCUT2D eigenvalue weighted by molar-refractivity contribution is 0.0647. The summed E-state index contributed by atoms with van der Waals surface area (Å²) in [5.41, 5.74) is 6.01. The summed E-state index contributed by atoms with van der Waals surface area (Å²) >= 11 is 0. The van der Waals surface area contributed by atoms with E-state index in [9.17, 15) is 9.59 Å². The summed E-state index contributed by atoms with van der Waals surface area (Å²) in [4.78, 5) is 27.0. The fourth-order valence-electron chi connectivity index (χ4n) is 5.09. The molecule has 4 aromatic rings. The lowest BCUT2D eigenvalue weighted by Gasteiger charge is -2.16. The van der Waals surface area contributed by atoms with Crippen molar-refractivity contribution in [1.82, 2.24) is 15.2 Å². The molecule has 2 heterocycles. The molecule has 1 aromatic heterocycles. The predicted octanol–water partition coefficient (Wildman–Crippen LogP) is 6.47. The van der Waals surface area contributed by atoms with Gasteiger partial charge in [0.2, 0.25) is 0 Å². The Balaban J connectivity index is 1.16. The van der Waals surface area contributed by atoms with Gasteiger partial charge in [-0.3, -0.25) is 14.5 Å². The first kappa shape index (κ1) is 26.6. The van der Waals surface area contributed by atoms with Crippen LogP contribution in [-0.4, -0.2) is 40.2 Å². The maximum Gasteiger partial charge on any atom is 0.261 e. The molecule has 2 unspecified atom stereocenters. The summed E-state index contributed by atoms with van der Waals surface area (Å²) in [7, 11) is 0. The fourth-order valence-corrected chi connectivity index (χ4v) is 5.09. The number of carbonyl (C=O) groups excluding carboxylic acids is 2. The molecule has 1 aliphatic heterocycles. The molecule has 7 heteroatoms. The van der Waals surface area contributed by atoms with Crippen LogP contribution in [0, 0.1) is 11.8 Å². The number of benzene rings is 3. The van der Waals surface area contributed by atoms with Crippen LogP contribution in [0.4, 0.5) is 0 Å². The van der Waals surface area contributed by atoms with Crippen LogP contribution < -0.4 is 4.74 Å². The molecule has 0 N–H and O–H groups in total. The molecule has 0 saturated carbocycles. The molecule has 0 saturated heterocycles. The van der Waals surface area contributed by atoms with E-state index in [-0.39, 0.29) is 17.7 Å². The van der Waals surface area contributed by atoms with E-state index >= 15 is 0 Å². The summed E-state index contributed by atoms with van der Waals surface area (Å²) in [6.07, 6.45) is 2.44. The fraction of sp³-hybridized carbons (Fsp3) is 0.375. The third-order valence-corrected chi connectivity index (χ3v) is 7.37. The van der Waals surface area contributed by atoms with Crippen LogP contribution in [0.15, 0.2) is 65.3 Å². The van der Waals surface area contributed by atoms with Gasteiger partial charge in [0.15, 0.2) is 0 Å². The summed E-state index contributed by atoms with van der Waals surface area (Å²) in [6, 6.07) is 19.9. The Morgan fingerprint density at radius 2 is 1.59 bits per heavy atom. The molecule has 0 fully saturated rings. The molecular formula is C32H35N3O4. The minimum absolute atomic E-state index is 0.176. The third-order valence-electron chi connectivity index (χ3n) is 7.37. The molecule has 0 radical (unpaired) electrons. The molecule has 202 valence electrons. The minimum atomic E-state index is -0.177. The SMILES string of the molecule is CC(C)CCN1C(=O)c2ccc(CC(C)COc3cccc(CC(C)c4ccc5nonc5c4)c3)cc2C1=O.